The van der Waals surface area contributed by atoms with E-state index >= 15 is 0 Å². The predicted molar refractivity (Wildman–Crippen MR) is 136 cm³/mol. The Morgan fingerprint density at radius 3 is 2.75 bits per heavy atom. The van der Waals surface area contributed by atoms with Gasteiger partial charge in [-0.1, -0.05) is 18.2 Å². The van der Waals surface area contributed by atoms with Crippen LogP contribution in [0.3, 0.4) is 0 Å². The normalized spacial score (nSPS) is 26.8. The van der Waals surface area contributed by atoms with Gasteiger partial charge >= 0.3 is 0 Å². The molecule has 1 unspecified atom stereocenters. The van der Waals surface area contributed by atoms with Crippen LogP contribution in [0.1, 0.15) is 75.7 Å². The molecule has 1 saturated carbocycles. The Morgan fingerprint density at radius 2 is 2.06 bits per heavy atom. The van der Waals surface area contributed by atoms with E-state index in [0.29, 0.717) is 12.8 Å². The minimum absolute atomic E-state index is 0.0209. The summed E-state index contributed by atoms with van der Waals surface area (Å²) in [5.74, 6) is 0.425. The molecule has 2 amide bonds. The van der Waals surface area contributed by atoms with E-state index in [9.17, 15) is 9.59 Å². The minimum Gasteiger partial charge on any atom is -0.487 e. The minimum atomic E-state index is -0.480. The predicted octanol–water partition coefficient (Wildman–Crippen LogP) is 4.02. The summed E-state index contributed by atoms with van der Waals surface area (Å²) in [4.78, 5) is 32.5. The Balaban J connectivity index is 1.38. The van der Waals surface area contributed by atoms with E-state index in [-0.39, 0.29) is 42.1 Å². The third-order valence-corrected chi connectivity index (χ3v) is 7.39. The number of carbonyl (C=O) groups is 2. The summed E-state index contributed by atoms with van der Waals surface area (Å²) in [7, 11) is 0. The van der Waals surface area contributed by atoms with Gasteiger partial charge in [0.15, 0.2) is 5.96 Å². The van der Waals surface area contributed by atoms with Crippen molar-refractivity contribution in [3.05, 3.63) is 59.4 Å². The topological polar surface area (TPSA) is 107 Å². The highest BCUT2D eigenvalue weighted by Crippen LogP contribution is 2.51. The van der Waals surface area contributed by atoms with Crippen molar-refractivity contribution in [2.24, 2.45) is 11.8 Å². The molecular formula is C28H35N5O3. The maximum Gasteiger partial charge on any atom is 0.232 e. The van der Waals surface area contributed by atoms with Crippen LogP contribution in [0, 0.1) is 24.2 Å². The van der Waals surface area contributed by atoms with Gasteiger partial charge in [0.1, 0.15) is 11.4 Å². The third kappa shape index (κ3) is 4.68. The molecule has 0 bridgehead atoms. The summed E-state index contributed by atoms with van der Waals surface area (Å²) in [6.45, 7) is 9.94. The van der Waals surface area contributed by atoms with Crippen LogP contribution in [0.25, 0.3) is 0 Å². The molecule has 3 heterocycles. The van der Waals surface area contributed by atoms with Gasteiger partial charge in [0.05, 0.1) is 12.1 Å². The summed E-state index contributed by atoms with van der Waals surface area (Å²) in [5.41, 5.74) is 2.07. The van der Waals surface area contributed by atoms with Crippen molar-refractivity contribution >= 4 is 17.8 Å². The molecule has 8 nitrogen and oxygen atoms in total. The molecule has 2 fully saturated rings. The number of aryl methyl sites for hydroxylation is 1. The Labute approximate surface area is 212 Å². The first-order chi connectivity index (χ1) is 16.9. The largest absolute Gasteiger partial charge is 0.487 e. The fourth-order valence-corrected chi connectivity index (χ4v) is 5.68. The van der Waals surface area contributed by atoms with Crippen LogP contribution >= 0.6 is 0 Å². The molecule has 8 heteroatoms. The zero-order chi connectivity index (χ0) is 25.8. The van der Waals surface area contributed by atoms with Crippen molar-refractivity contribution in [2.45, 2.75) is 77.1 Å². The molecule has 1 aliphatic carbocycles. The number of rotatable bonds is 5. The molecule has 2 aromatic rings. The fourth-order valence-electron chi connectivity index (χ4n) is 5.68. The second kappa shape index (κ2) is 8.61. The number of hydrogen-bond donors (Lipinski definition) is 3. The molecule has 2 aliphatic heterocycles. The second-order valence-electron chi connectivity index (χ2n) is 11.7. The SMILES string of the molecule is Cc1ccc2c(c1)OC(C)(C)CC2NC(=O)[C@@H]1C[C@H]1[C@@H](c1cccnc1)N1C(=N)NC(C)(C)CC1=O. The average molecular weight is 490 g/mol. The van der Waals surface area contributed by atoms with E-state index in [1.807, 2.05) is 65.0 Å². The Hall–Kier alpha value is -3.42. The van der Waals surface area contributed by atoms with Crippen molar-refractivity contribution in [3.8, 4) is 5.75 Å². The van der Waals surface area contributed by atoms with Gasteiger partial charge in [-0.3, -0.25) is 24.9 Å². The summed E-state index contributed by atoms with van der Waals surface area (Å²) in [6.07, 6.45) is 5.03. The molecule has 5 rings (SSSR count). The molecule has 4 atom stereocenters. The molecular weight excluding hydrogens is 454 g/mol. The Bertz CT molecular complexity index is 1190. The number of carbonyl (C=O) groups excluding carboxylic acids is 2. The molecule has 1 saturated heterocycles. The van der Waals surface area contributed by atoms with Crippen LogP contribution in [0.2, 0.25) is 0 Å². The molecule has 1 aromatic heterocycles. The van der Waals surface area contributed by atoms with Crippen LogP contribution < -0.4 is 15.4 Å². The summed E-state index contributed by atoms with van der Waals surface area (Å²) in [5, 5.41) is 15.0. The zero-order valence-electron chi connectivity index (χ0n) is 21.6. The maximum atomic E-state index is 13.5. The maximum absolute atomic E-state index is 13.5. The summed E-state index contributed by atoms with van der Waals surface area (Å²) >= 11 is 0. The number of hydrogen-bond acceptors (Lipinski definition) is 5. The zero-order valence-corrected chi connectivity index (χ0v) is 21.6. The van der Waals surface area contributed by atoms with Gasteiger partial charge in [-0.15, -0.1) is 0 Å². The van der Waals surface area contributed by atoms with Crippen LogP contribution in [0.5, 0.6) is 5.75 Å². The number of benzene rings is 1. The highest BCUT2D eigenvalue weighted by Gasteiger charge is 2.53. The van der Waals surface area contributed by atoms with Gasteiger partial charge in [-0.05, 0) is 70.2 Å². The number of nitrogens with zero attached hydrogens (tertiary/aromatic N) is 2. The van der Waals surface area contributed by atoms with Gasteiger partial charge in [0.25, 0.3) is 0 Å². The van der Waals surface area contributed by atoms with E-state index in [0.717, 1.165) is 22.4 Å². The van der Waals surface area contributed by atoms with Crippen LogP contribution in [-0.4, -0.2) is 38.8 Å². The van der Waals surface area contributed by atoms with E-state index in [1.165, 1.54) is 4.90 Å². The second-order valence-corrected chi connectivity index (χ2v) is 11.7. The highest BCUT2D eigenvalue weighted by atomic mass is 16.5. The number of pyridine rings is 1. The lowest BCUT2D eigenvalue weighted by Gasteiger charge is -2.42. The van der Waals surface area contributed by atoms with Crippen molar-refractivity contribution in [2.75, 3.05) is 0 Å². The van der Waals surface area contributed by atoms with Crippen molar-refractivity contribution in [1.82, 2.24) is 20.5 Å². The molecule has 3 aliphatic rings. The van der Waals surface area contributed by atoms with E-state index in [1.54, 1.807) is 12.4 Å². The van der Waals surface area contributed by atoms with Crippen LogP contribution in [-0.2, 0) is 9.59 Å². The first kappa shape index (κ1) is 24.3. The quantitative estimate of drug-likeness (QED) is 0.588. The van der Waals surface area contributed by atoms with E-state index in [2.05, 4.69) is 15.6 Å². The van der Waals surface area contributed by atoms with Crippen molar-refractivity contribution < 1.29 is 14.3 Å². The number of aromatic nitrogens is 1. The first-order valence-electron chi connectivity index (χ1n) is 12.6. The first-order valence-corrected chi connectivity index (χ1v) is 12.6. The number of nitrogens with one attached hydrogen (secondary N) is 3. The van der Waals surface area contributed by atoms with Gasteiger partial charge in [-0.2, -0.15) is 0 Å². The molecule has 36 heavy (non-hydrogen) atoms. The van der Waals surface area contributed by atoms with Crippen LogP contribution in [0.15, 0.2) is 42.7 Å². The standard InChI is InChI=1S/C28H35N5O3/c1-16-8-9-18-21(13-28(4,5)36-22(18)11-16)31-25(35)20-12-19(20)24(17-7-6-10-30-15-17)33-23(34)14-27(2,3)32-26(33)29/h6-11,15,19-21,24H,12-14H2,1-5H3,(H2,29,32)(H,31,35)/t19-,20-,21?,24-/m1/s1. The average Bonchev–Trinajstić information content (AvgIpc) is 3.55. The van der Waals surface area contributed by atoms with Gasteiger partial charge < -0.3 is 15.4 Å². The molecule has 190 valence electrons. The molecule has 0 radical (unpaired) electrons. The lowest BCUT2D eigenvalue weighted by Crippen LogP contribution is -2.60. The fraction of sp³-hybridized carbons (Fsp3) is 0.500. The van der Waals surface area contributed by atoms with Crippen LogP contribution in [0.4, 0.5) is 0 Å². The lowest BCUT2D eigenvalue weighted by molar-refractivity contribution is -0.133. The number of guanidine groups is 1. The van der Waals surface area contributed by atoms with Crippen molar-refractivity contribution in [1.29, 1.82) is 5.41 Å². The number of ether oxygens (including phenoxy) is 1. The summed E-state index contributed by atoms with van der Waals surface area (Å²) in [6, 6.07) is 9.29. The number of amides is 2. The smallest absolute Gasteiger partial charge is 0.232 e. The van der Waals surface area contributed by atoms with Gasteiger partial charge in [0, 0.05) is 42.3 Å². The molecule has 0 spiro atoms. The van der Waals surface area contributed by atoms with Crippen molar-refractivity contribution in [3.63, 3.8) is 0 Å². The summed E-state index contributed by atoms with van der Waals surface area (Å²) < 4.78 is 6.19. The van der Waals surface area contributed by atoms with Gasteiger partial charge in [-0.25, -0.2) is 0 Å². The molecule has 1 aromatic carbocycles. The van der Waals surface area contributed by atoms with E-state index < -0.39 is 17.2 Å². The third-order valence-electron chi connectivity index (χ3n) is 7.39. The Morgan fingerprint density at radius 1 is 1.28 bits per heavy atom. The Kier molecular flexibility index (Phi) is 5.80. The monoisotopic (exact) mass is 489 g/mol. The molecule has 3 N–H and O–H groups in total. The van der Waals surface area contributed by atoms with Gasteiger partial charge in [0.2, 0.25) is 11.8 Å². The lowest BCUT2D eigenvalue weighted by atomic mass is 9.89. The highest BCUT2D eigenvalue weighted by molar-refractivity contribution is 5.99. The van der Waals surface area contributed by atoms with E-state index in [4.69, 9.17) is 10.1 Å². The number of fused-ring (bicyclic) bond motifs is 1.